The molecule has 0 unspecified atom stereocenters. The van der Waals surface area contributed by atoms with Crippen LogP contribution in [0.1, 0.15) is 21.5 Å². The number of nitrogens with zero attached hydrogens (tertiary/aromatic N) is 3. The molecule has 0 saturated heterocycles. The minimum Gasteiger partial charge on any atom is -0.497 e. The van der Waals surface area contributed by atoms with Gasteiger partial charge in [0.15, 0.2) is 5.82 Å². The van der Waals surface area contributed by atoms with Gasteiger partial charge < -0.3 is 15.2 Å². The van der Waals surface area contributed by atoms with Gasteiger partial charge in [0.2, 0.25) is 0 Å². The largest absolute Gasteiger partial charge is 0.497 e. The summed E-state index contributed by atoms with van der Waals surface area (Å²) in [5, 5.41) is 12.7. The molecule has 0 aliphatic carbocycles. The van der Waals surface area contributed by atoms with Crippen molar-refractivity contribution in [3.63, 3.8) is 0 Å². The van der Waals surface area contributed by atoms with Crippen LogP contribution in [0, 0.1) is 6.92 Å². The monoisotopic (exact) mass is 362 g/mol. The number of benzene rings is 2. The van der Waals surface area contributed by atoms with Crippen molar-refractivity contribution in [3.8, 4) is 5.75 Å². The van der Waals surface area contributed by atoms with Crippen LogP contribution < -0.4 is 10.1 Å². The van der Waals surface area contributed by atoms with Gasteiger partial charge in [0.25, 0.3) is 0 Å². The summed E-state index contributed by atoms with van der Waals surface area (Å²) in [6, 6.07) is 11.2. The summed E-state index contributed by atoms with van der Waals surface area (Å²) in [4.78, 5) is 20.3. The van der Waals surface area contributed by atoms with Crippen molar-refractivity contribution >= 4 is 28.3 Å². The number of carbonyl (C=O) groups is 1. The van der Waals surface area contributed by atoms with Gasteiger partial charge in [0, 0.05) is 6.54 Å². The molecule has 0 amide bonds. The van der Waals surface area contributed by atoms with Crippen molar-refractivity contribution in [2.45, 2.75) is 13.5 Å². The average molecular weight is 362 g/mol. The summed E-state index contributed by atoms with van der Waals surface area (Å²) >= 11 is 0. The predicted octanol–water partition coefficient (Wildman–Crippen LogP) is 3.51. The van der Waals surface area contributed by atoms with Crippen LogP contribution in [0.5, 0.6) is 5.75 Å². The summed E-state index contributed by atoms with van der Waals surface area (Å²) in [5.74, 6) is 0.549. The molecule has 7 heteroatoms. The minimum atomic E-state index is -0.954. The van der Waals surface area contributed by atoms with Gasteiger partial charge in [-0.1, -0.05) is 12.1 Å². The Hall–Kier alpha value is -3.61. The van der Waals surface area contributed by atoms with E-state index in [1.54, 1.807) is 38.7 Å². The molecule has 7 nitrogen and oxygen atoms in total. The van der Waals surface area contributed by atoms with Gasteiger partial charge in [-0.15, -0.1) is 0 Å². The molecular formula is C20H18N4O3. The fourth-order valence-electron chi connectivity index (χ4n) is 3.09. The number of rotatable bonds is 5. The van der Waals surface area contributed by atoms with Gasteiger partial charge in [-0.2, -0.15) is 0 Å². The van der Waals surface area contributed by atoms with Gasteiger partial charge in [0.1, 0.15) is 11.3 Å². The quantitative estimate of drug-likeness (QED) is 0.565. The maximum atomic E-state index is 11.4. The second-order valence-electron chi connectivity index (χ2n) is 6.27. The number of nitrogens with one attached hydrogen (secondary N) is 1. The van der Waals surface area contributed by atoms with E-state index in [0.29, 0.717) is 29.0 Å². The zero-order valence-electron chi connectivity index (χ0n) is 14.9. The van der Waals surface area contributed by atoms with E-state index in [1.807, 2.05) is 28.7 Å². The number of carboxylic acids is 1. The molecule has 27 heavy (non-hydrogen) atoms. The van der Waals surface area contributed by atoms with E-state index in [4.69, 9.17) is 9.72 Å². The molecule has 0 aliphatic rings. The molecule has 4 rings (SSSR count). The molecule has 0 atom stereocenters. The molecule has 136 valence electrons. The number of imidazole rings is 1. The Morgan fingerprint density at radius 3 is 2.70 bits per heavy atom. The number of anilines is 1. The molecule has 2 N–H and O–H groups in total. The first-order valence-electron chi connectivity index (χ1n) is 8.43. The first-order valence-corrected chi connectivity index (χ1v) is 8.43. The van der Waals surface area contributed by atoms with Gasteiger partial charge in [-0.3, -0.25) is 4.40 Å². The Morgan fingerprint density at radius 2 is 2.00 bits per heavy atom. The summed E-state index contributed by atoms with van der Waals surface area (Å²) < 4.78 is 7.03. The molecule has 2 aromatic carbocycles. The average Bonchev–Trinajstić information content (AvgIpc) is 3.16. The lowest BCUT2D eigenvalue weighted by molar-refractivity contribution is 0.0696. The smallest absolute Gasteiger partial charge is 0.336 e. The molecule has 4 aromatic rings. The van der Waals surface area contributed by atoms with Crippen LogP contribution in [0.3, 0.4) is 0 Å². The van der Waals surface area contributed by atoms with Crippen molar-refractivity contribution < 1.29 is 14.6 Å². The predicted molar refractivity (Wildman–Crippen MR) is 103 cm³/mol. The van der Waals surface area contributed by atoms with Crippen molar-refractivity contribution in [1.82, 2.24) is 14.4 Å². The maximum Gasteiger partial charge on any atom is 0.336 e. The molecule has 0 spiro atoms. The third-order valence-corrected chi connectivity index (χ3v) is 4.54. The fourth-order valence-corrected chi connectivity index (χ4v) is 3.09. The molecule has 2 heterocycles. The number of aromatic nitrogens is 3. The third-order valence-electron chi connectivity index (χ3n) is 4.54. The molecule has 0 fully saturated rings. The Bertz CT molecular complexity index is 1150. The van der Waals surface area contributed by atoms with Gasteiger partial charge in [-0.05, 0) is 42.3 Å². The van der Waals surface area contributed by atoms with E-state index in [-0.39, 0.29) is 5.56 Å². The fraction of sp³-hybridized carbons (Fsp3) is 0.150. The Morgan fingerprint density at radius 1 is 1.22 bits per heavy atom. The van der Waals surface area contributed by atoms with Crippen LogP contribution in [0.25, 0.3) is 16.6 Å². The highest BCUT2D eigenvalue weighted by molar-refractivity contribution is 5.95. The number of carboxylic acid groups (broad SMARTS) is 1. The van der Waals surface area contributed by atoms with E-state index < -0.39 is 5.97 Å². The first-order chi connectivity index (χ1) is 13.1. The van der Waals surface area contributed by atoms with E-state index in [0.717, 1.165) is 16.8 Å². The number of aromatic carboxylic acids is 1. The highest BCUT2D eigenvalue weighted by Crippen LogP contribution is 2.25. The molecule has 2 aromatic heterocycles. The van der Waals surface area contributed by atoms with Gasteiger partial charge >= 0.3 is 5.97 Å². The standard InChI is InChI=1S/C20H18N4O3/c1-12-7-16-17(8-15(12)20(25)26)24-11-21-10-18(24)19(23-16)22-9-13-3-5-14(27-2)6-4-13/h3-8,10-11H,9H2,1-2H3,(H,22,23)(H,25,26). The SMILES string of the molecule is COc1ccc(CNc2nc3cc(C)c(C(=O)O)cc3n3cncc23)cc1. The Balaban J connectivity index is 1.74. The topological polar surface area (TPSA) is 88.8 Å². The zero-order chi connectivity index (χ0) is 19.0. The lowest BCUT2D eigenvalue weighted by Gasteiger charge is -2.12. The second-order valence-corrected chi connectivity index (χ2v) is 6.27. The van der Waals surface area contributed by atoms with E-state index >= 15 is 0 Å². The number of hydrogen-bond acceptors (Lipinski definition) is 5. The van der Waals surface area contributed by atoms with Crippen LogP contribution in [-0.2, 0) is 6.54 Å². The molecule has 0 saturated carbocycles. The molecule has 0 aliphatic heterocycles. The second kappa shape index (κ2) is 6.60. The summed E-state index contributed by atoms with van der Waals surface area (Å²) in [6.07, 6.45) is 3.38. The summed E-state index contributed by atoms with van der Waals surface area (Å²) in [6.45, 7) is 2.36. The van der Waals surface area contributed by atoms with Crippen LogP contribution >= 0.6 is 0 Å². The maximum absolute atomic E-state index is 11.4. The summed E-state index contributed by atoms with van der Waals surface area (Å²) in [7, 11) is 1.64. The van der Waals surface area contributed by atoms with Crippen LogP contribution in [0.4, 0.5) is 5.82 Å². The Labute approximate surface area is 155 Å². The first kappa shape index (κ1) is 16.8. The number of ether oxygens (including phenoxy) is 1. The zero-order valence-corrected chi connectivity index (χ0v) is 14.9. The molecule has 0 bridgehead atoms. The molecule has 0 radical (unpaired) electrons. The lowest BCUT2D eigenvalue weighted by Crippen LogP contribution is -2.06. The molecular weight excluding hydrogens is 344 g/mol. The van der Waals surface area contributed by atoms with Crippen molar-refractivity contribution in [3.05, 3.63) is 65.6 Å². The number of fused-ring (bicyclic) bond motifs is 3. The van der Waals surface area contributed by atoms with E-state index in [2.05, 4.69) is 10.3 Å². The van der Waals surface area contributed by atoms with Crippen molar-refractivity contribution in [1.29, 1.82) is 0 Å². The van der Waals surface area contributed by atoms with Crippen LogP contribution in [0.15, 0.2) is 48.9 Å². The van der Waals surface area contributed by atoms with Gasteiger partial charge in [-0.25, -0.2) is 14.8 Å². The lowest BCUT2D eigenvalue weighted by atomic mass is 10.1. The van der Waals surface area contributed by atoms with Crippen LogP contribution in [-0.4, -0.2) is 32.6 Å². The van der Waals surface area contributed by atoms with Crippen LogP contribution in [0.2, 0.25) is 0 Å². The normalized spacial score (nSPS) is 11.0. The number of hydrogen-bond donors (Lipinski definition) is 2. The van der Waals surface area contributed by atoms with Crippen molar-refractivity contribution in [2.24, 2.45) is 0 Å². The minimum absolute atomic E-state index is 0.262. The summed E-state index contributed by atoms with van der Waals surface area (Å²) in [5.41, 5.74) is 4.23. The third kappa shape index (κ3) is 3.03. The number of aryl methyl sites for hydroxylation is 1. The van der Waals surface area contributed by atoms with E-state index in [9.17, 15) is 9.90 Å². The number of methoxy groups -OCH3 is 1. The Kier molecular flexibility index (Phi) is 4.12. The highest BCUT2D eigenvalue weighted by atomic mass is 16.5. The van der Waals surface area contributed by atoms with E-state index in [1.165, 1.54) is 0 Å². The van der Waals surface area contributed by atoms with Gasteiger partial charge in [0.05, 0.1) is 36.2 Å². The van der Waals surface area contributed by atoms with Crippen molar-refractivity contribution in [2.75, 3.05) is 12.4 Å². The highest BCUT2D eigenvalue weighted by Gasteiger charge is 2.14.